The highest BCUT2D eigenvalue weighted by atomic mass is 35.5. The van der Waals surface area contributed by atoms with Crippen molar-refractivity contribution in [1.29, 1.82) is 0 Å². The van der Waals surface area contributed by atoms with Gasteiger partial charge in [0.2, 0.25) is 0 Å². The molecule has 1 atom stereocenters. The number of thiocarbonyl (C=S) groups is 1. The number of nitrogens with two attached hydrogens (primary N) is 1. The predicted molar refractivity (Wildman–Crippen MR) is 81.4 cm³/mol. The molecule has 1 unspecified atom stereocenters. The highest BCUT2D eigenvalue weighted by molar-refractivity contribution is 7.80. The minimum atomic E-state index is 0.337. The van der Waals surface area contributed by atoms with Crippen LogP contribution in [0, 0.1) is 5.92 Å². The maximum absolute atomic E-state index is 6.13. The minimum absolute atomic E-state index is 0.337. The molecular weight excluding hydrogens is 266 g/mol. The van der Waals surface area contributed by atoms with Crippen LogP contribution in [0.1, 0.15) is 12.0 Å². The summed E-state index contributed by atoms with van der Waals surface area (Å²) in [5, 5.41) is 4.03. The minimum Gasteiger partial charge on any atom is -0.389 e. The SMILES string of the molecule is CN1CCC(CNc2ccc(C(N)=S)c(Cl)c2)C1. The molecule has 1 fully saturated rings. The number of anilines is 1. The molecule has 1 aromatic rings. The summed E-state index contributed by atoms with van der Waals surface area (Å²) >= 11 is 11.1. The summed E-state index contributed by atoms with van der Waals surface area (Å²) in [6.07, 6.45) is 1.25. The van der Waals surface area contributed by atoms with Gasteiger partial charge in [0.1, 0.15) is 4.99 Å². The predicted octanol–water partition coefficient (Wildman–Crippen LogP) is 2.34. The molecule has 5 heteroatoms. The molecule has 0 saturated carbocycles. The Morgan fingerprint density at radius 3 is 2.94 bits per heavy atom. The molecule has 0 bridgehead atoms. The second-order valence-electron chi connectivity index (χ2n) is 4.86. The van der Waals surface area contributed by atoms with Crippen molar-refractivity contribution in [3.05, 3.63) is 28.8 Å². The first-order chi connectivity index (χ1) is 8.56. The van der Waals surface area contributed by atoms with Crippen LogP contribution in [0.3, 0.4) is 0 Å². The molecule has 18 heavy (non-hydrogen) atoms. The summed E-state index contributed by atoms with van der Waals surface area (Å²) in [6.45, 7) is 3.33. The van der Waals surface area contributed by atoms with Crippen LogP contribution in [-0.2, 0) is 0 Å². The molecule has 1 saturated heterocycles. The summed E-state index contributed by atoms with van der Waals surface area (Å²) in [6, 6.07) is 5.72. The van der Waals surface area contributed by atoms with Crippen LogP contribution >= 0.6 is 23.8 Å². The zero-order valence-corrected chi connectivity index (χ0v) is 12.0. The van der Waals surface area contributed by atoms with Crippen LogP contribution in [0.25, 0.3) is 0 Å². The second-order valence-corrected chi connectivity index (χ2v) is 5.70. The topological polar surface area (TPSA) is 41.3 Å². The van der Waals surface area contributed by atoms with Crippen molar-refractivity contribution in [1.82, 2.24) is 4.90 Å². The average molecular weight is 284 g/mol. The molecule has 3 nitrogen and oxygen atoms in total. The van der Waals surface area contributed by atoms with Gasteiger partial charge in [-0.15, -0.1) is 0 Å². The van der Waals surface area contributed by atoms with E-state index >= 15 is 0 Å². The Morgan fingerprint density at radius 2 is 2.39 bits per heavy atom. The van der Waals surface area contributed by atoms with Gasteiger partial charge in [-0.1, -0.05) is 23.8 Å². The lowest BCUT2D eigenvalue weighted by Gasteiger charge is -2.13. The maximum Gasteiger partial charge on any atom is 0.105 e. The fourth-order valence-electron chi connectivity index (χ4n) is 2.28. The summed E-state index contributed by atoms with van der Waals surface area (Å²) < 4.78 is 0. The van der Waals surface area contributed by atoms with Gasteiger partial charge in [-0.05, 0) is 44.1 Å². The Balaban J connectivity index is 1.94. The van der Waals surface area contributed by atoms with Crippen molar-refractivity contribution >= 4 is 34.5 Å². The Labute approximate surface area is 118 Å². The molecule has 0 aliphatic carbocycles. The molecule has 1 aliphatic rings. The second kappa shape index (κ2) is 5.87. The van der Waals surface area contributed by atoms with Crippen molar-refractivity contribution in [2.75, 3.05) is 32.0 Å². The van der Waals surface area contributed by atoms with E-state index in [4.69, 9.17) is 29.6 Å². The highest BCUT2D eigenvalue weighted by Crippen LogP contribution is 2.22. The number of halogens is 1. The molecule has 1 aromatic carbocycles. The molecule has 0 aromatic heterocycles. The van der Waals surface area contributed by atoms with Gasteiger partial charge in [0.15, 0.2) is 0 Å². The smallest absolute Gasteiger partial charge is 0.105 e. The fraction of sp³-hybridized carbons (Fsp3) is 0.462. The maximum atomic E-state index is 6.13. The number of nitrogens with zero attached hydrogens (tertiary/aromatic N) is 1. The summed E-state index contributed by atoms with van der Waals surface area (Å²) in [7, 11) is 2.16. The van der Waals surface area contributed by atoms with Crippen LogP contribution in [0.15, 0.2) is 18.2 Å². The summed E-state index contributed by atoms with van der Waals surface area (Å²) in [5.74, 6) is 0.712. The standard InChI is InChI=1S/C13H18ClN3S/c1-17-5-4-9(8-17)7-16-10-2-3-11(13(15)18)12(14)6-10/h2-3,6,9,16H,4-5,7-8H2,1H3,(H2,15,18). The summed E-state index contributed by atoms with van der Waals surface area (Å²) in [4.78, 5) is 2.69. The van der Waals surface area contributed by atoms with E-state index in [-0.39, 0.29) is 0 Å². The van der Waals surface area contributed by atoms with E-state index in [0.717, 1.165) is 24.3 Å². The van der Waals surface area contributed by atoms with Crippen LogP contribution in [0.4, 0.5) is 5.69 Å². The van der Waals surface area contributed by atoms with Gasteiger partial charge in [-0.3, -0.25) is 0 Å². The van der Waals surface area contributed by atoms with Crippen LogP contribution < -0.4 is 11.1 Å². The molecule has 1 heterocycles. The summed E-state index contributed by atoms with van der Waals surface area (Å²) in [5.41, 5.74) is 7.33. The van der Waals surface area contributed by atoms with Gasteiger partial charge in [0.25, 0.3) is 0 Å². The van der Waals surface area contributed by atoms with E-state index in [1.807, 2.05) is 18.2 Å². The molecule has 0 amide bonds. The lowest BCUT2D eigenvalue weighted by Crippen LogP contribution is -2.19. The average Bonchev–Trinajstić information content (AvgIpc) is 2.72. The first-order valence-corrected chi connectivity index (χ1v) is 6.86. The van der Waals surface area contributed by atoms with Gasteiger partial charge in [0.05, 0.1) is 5.02 Å². The van der Waals surface area contributed by atoms with Crippen molar-refractivity contribution in [3.8, 4) is 0 Å². The van der Waals surface area contributed by atoms with Gasteiger partial charge in [0, 0.05) is 24.3 Å². The Morgan fingerprint density at radius 1 is 1.61 bits per heavy atom. The van der Waals surface area contributed by atoms with Gasteiger partial charge in [-0.25, -0.2) is 0 Å². The van der Waals surface area contributed by atoms with E-state index in [1.165, 1.54) is 13.0 Å². The van der Waals surface area contributed by atoms with E-state index in [2.05, 4.69) is 17.3 Å². The Hall–Kier alpha value is -0.840. The third-order valence-corrected chi connectivity index (χ3v) is 3.85. The molecule has 2 rings (SSSR count). The first-order valence-electron chi connectivity index (χ1n) is 6.08. The van der Waals surface area contributed by atoms with Gasteiger partial charge in [-0.2, -0.15) is 0 Å². The first kappa shape index (κ1) is 13.6. The van der Waals surface area contributed by atoms with E-state index in [9.17, 15) is 0 Å². The fourth-order valence-corrected chi connectivity index (χ4v) is 2.80. The third kappa shape index (κ3) is 3.34. The van der Waals surface area contributed by atoms with Gasteiger partial charge < -0.3 is 16.0 Å². The third-order valence-electron chi connectivity index (χ3n) is 3.32. The molecular formula is C13H18ClN3S. The molecule has 0 radical (unpaired) electrons. The molecule has 0 spiro atoms. The van der Waals surface area contributed by atoms with Gasteiger partial charge >= 0.3 is 0 Å². The van der Waals surface area contributed by atoms with Crippen LogP contribution in [0.5, 0.6) is 0 Å². The quantitative estimate of drug-likeness (QED) is 0.833. The Kier molecular flexibility index (Phi) is 4.43. The number of nitrogens with one attached hydrogen (secondary N) is 1. The normalized spacial score (nSPS) is 20.0. The zero-order valence-electron chi connectivity index (χ0n) is 10.4. The number of hydrogen-bond acceptors (Lipinski definition) is 3. The van der Waals surface area contributed by atoms with Crippen LogP contribution in [-0.4, -0.2) is 36.6 Å². The number of benzene rings is 1. The van der Waals surface area contributed by atoms with Crippen LogP contribution in [0.2, 0.25) is 5.02 Å². The molecule has 3 N–H and O–H groups in total. The van der Waals surface area contributed by atoms with E-state index < -0.39 is 0 Å². The van der Waals surface area contributed by atoms with E-state index in [0.29, 0.717) is 15.9 Å². The monoisotopic (exact) mass is 283 g/mol. The number of hydrogen-bond donors (Lipinski definition) is 2. The highest BCUT2D eigenvalue weighted by Gasteiger charge is 2.18. The largest absolute Gasteiger partial charge is 0.389 e. The van der Waals surface area contributed by atoms with Crippen molar-refractivity contribution in [2.45, 2.75) is 6.42 Å². The van der Waals surface area contributed by atoms with Crippen molar-refractivity contribution in [2.24, 2.45) is 11.7 Å². The number of rotatable bonds is 4. The molecule has 98 valence electrons. The lowest BCUT2D eigenvalue weighted by atomic mass is 10.1. The van der Waals surface area contributed by atoms with Crippen molar-refractivity contribution in [3.63, 3.8) is 0 Å². The Bertz CT molecular complexity index is 450. The van der Waals surface area contributed by atoms with Crippen molar-refractivity contribution < 1.29 is 0 Å². The zero-order chi connectivity index (χ0) is 13.1. The van der Waals surface area contributed by atoms with E-state index in [1.54, 1.807) is 0 Å². The molecule has 1 aliphatic heterocycles. The number of likely N-dealkylation sites (tertiary alicyclic amines) is 1. The lowest BCUT2D eigenvalue weighted by molar-refractivity contribution is 0.399.